The molecule has 2 aromatic carbocycles. The van der Waals surface area contributed by atoms with Gasteiger partial charge in [0.1, 0.15) is 6.26 Å². The lowest BCUT2D eigenvalue weighted by Gasteiger charge is -2.07. The van der Waals surface area contributed by atoms with Crippen LogP contribution in [0.25, 0.3) is 17.1 Å². The third-order valence-corrected chi connectivity index (χ3v) is 4.70. The van der Waals surface area contributed by atoms with Crippen molar-refractivity contribution in [2.45, 2.75) is 26.7 Å². The minimum absolute atomic E-state index is 0.0923. The normalized spacial score (nSPS) is 11.0. The second-order valence-corrected chi connectivity index (χ2v) is 7.25. The van der Waals surface area contributed by atoms with Crippen LogP contribution in [0.15, 0.2) is 71.5 Å². The van der Waals surface area contributed by atoms with Gasteiger partial charge in [-0.25, -0.2) is 9.67 Å². The van der Waals surface area contributed by atoms with E-state index in [-0.39, 0.29) is 11.7 Å². The Bertz CT molecular complexity index is 1110. The molecule has 146 valence electrons. The first-order chi connectivity index (χ1) is 14.0. The maximum Gasteiger partial charge on any atom is 0.295 e. The second kappa shape index (κ2) is 7.75. The molecule has 0 aliphatic heterocycles. The van der Waals surface area contributed by atoms with Gasteiger partial charge in [-0.3, -0.25) is 4.79 Å². The number of aryl methyl sites for hydroxylation is 1. The van der Waals surface area contributed by atoms with Crippen molar-refractivity contribution >= 4 is 11.6 Å². The molecule has 6 heteroatoms. The van der Waals surface area contributed by atoms with E-state index in [0.717, 1.165) is 16.8 Å². The molecule has 0 unspecified atom stereocenters. The minimum Gasteiger partial charge on any atom is -0.472 e. The highest BCUT2D eigenvalue weighted by atomic mass is 16.3. The maximum atomic E-state index is 12.8. The van der Waals surface area contributed by atoms with Gasteiger partial charge in [-0.2, -0.15) is 0 Å². The van der Waals surface area contributed by atoms with Gasteiger partial charge < -0.3 is 9.73 Å². The number of furan rings is 1. The lowest BCUT2D eigenvalue weighted by atomic mass is 10.0. The molecule has 0 saturated heterocycles. The number of aromatic nitrogens is 3. The summed E-state index contributed by atoms with van der Waals surface area (Å²) < 4.78 is 6.85. The molecular weight excluding hydrogens is 364 g/mol. The molecule has 4 aromatic rings. The SMILES string of the molecule is Cc1ccc(-n2nc(C(=O)Nc3ccc(C(C)C)cc3)nc2-c2ccoc2)cc1. The molecule has 0 spiro atoms. The van der Waals surface area contributed by atoms with E-state index in [9.17, 15) is 4.79 Å². The van der Waals surface area contributed by atoms with Gasteiger partial charge in [-0.05, 0) is 48.7 Å². The Morgan fingerprint density at radius 2 is 1.76 bits per heavy atom. The Morgan fingerprint density at radius 3 is 2.38 bits per heavy atom. The van der Waals surface area contributed by atoms with Crippen LogP contribution in [0, 0.1) is 6.92 Å². The fourth-order valence-corrected chi connectivity index (χ4v) is 2.99. The van der Waals surface area contributed by atoms with E-state index in [0.29, 0.717) is 17.4 Å². The summed E-state index contributed by atoms with van der Waals surface area (Å²) in [6, 6.07) is 17.5. The van der Waals surface area contributed by atoms with Gasteiger partial charge in [-0.15, -0.1) is 5.10 Å². The molecule has 0 radical (unpaired) electrons. The smallest absolute Gasteiger partial charge is 0.295 e. The predicted molar refractivity (Wildman–Crippen MR) is 112 cm³/mol. The highest BCUT2D eigenvalue weighted by Gasteiger charge is 2.19. The molecule has 6 nitrogen and oxygen atoms in total. The van der Waals surface area contributed by atoms with Gasteiger partial charge in [0.2, 0.25) is 5.82 Å². The number of benzene rings is 2. The molecule has 2 heterocycles. The van der Waals surface area contributed by atoms with Crippen LogP contribution in [-0.4, -0.2) is 20.7 Å². The number of hydrogen-bond acceptors (Lipinski definition) is 4. The summed E-state index contributed by atoms with van der Waals surface area (Å²) in [7, 11) is 0. The number of hydrogen-bond donors (Lipinski definition) is 1. The van der Waals surface area contributed by atoms with Crippen LogP contribution < -0.4 is 5.32 Å². The lowest BCUT2D eigenvalue weighted by Crippen LogP contribution is -2.14. The van der Waals surface area contributed by atoms with Crippen LogP contribution in [0.5, 0.6) is 0 Å². The van der Waals surface area contributed by atoms with Crippen molar-refractivity contribution in [3.63, 3.8) is 0 Å². The number of nitrogens with zero attached hydrogens (tertiary/aromatic N) is 3. The van der Waals surface area contributed by atoms with Crippen molar-refractivity contribution in [3.05, 3.63) is 84.1 Å². The van der Waals surface area contributed by atoms with E-state index in [4.69, 9.17) is 4.42 Å². The van der Waals surface area contributed by atoms with Gasteiger partial charge in [0, 0.05) is 5.69 Å². The Morgan fingerprint density at radius 1 is 1.03 bits per heavy atom. The molecule has 1 N–H and O–H groups in total. The fraction of sp³-hybridized carbons (Fsp3) is 0.174. The van der Waals surface area contributed by atoms with E-state index in [1.165, 1.54) is 5.56 Å². The third kappa shape index (κ3) is 3.96. The number of anilines is 1. The zero-order chi connectivity index (χ0) is 20.4. The monoisotopic (exact) mass is 386 g/mol. The zero-order valence-corrected chi connectivity index (χ0v) is 16.6. The maximum absolute atomic E-state index is 12.8. The summed E-state index contributed by atoms with van der Waals surface area (Å²) in [6.45, 7) is 6.28. The summed E-state index contributed by atoms with van der Waals surface area (Å²) >= 11 is 0. The molecule has 0 aliphatic carbocycles. The molecule has 1 amide bonds. The third-order valence-electron chi connectivity index (χ3n) is 4.70. The number of carbonyl (C=O) groups is 1. The van der Waals surface area contributed by atoms with E-state index < -0.39 is 0 Å². The molecule has 0 aliphatic rings. The summed E-state index contributed by atoms with van der Waals surface area (Å²) in [4.78, 5) is 17.3. The molecule has 0 saturated carbocycles. The van der Waals surface area contributed by atoms with E-state index in [1.807, 2.05) is 55.5 Å². The average molecular weight is 386 g/mol. The van der Waals surface area contributed by atoms with Gasteiger partial charge in [-0.1, -0.05) is 43.7 Å². The highest BCUT2D eigenvalue weighted by Crippen LogP contribution is 2.23. The van der Waals surface area contributed by atoms with Crippen LogP contribution in [0.3, 0.4) is 0 Å². The van der Waals surface area contributed by atoms with Crippen molar-refractivity contribution in [1.82, 2.24) is 14.8 Å². The van der Waals surface area contributed by atoms with Crippen molar-refractivity contribution in [1.29, 1.82) is 0 Å². The first-order valence-electron chi connectivity index (χ1n) is 9.49. The number of nitrogens with one attached hydrogen (secondary N) is 1. The van der Waals surface area contributed by atoms with Crippen LogP contribution in [-0.2, 0) is 0 Å². The van der Waals surface area contributed by atoms with Crippen LogP contribution in [0.1, 0.15) is 41.5 Å². The molecule has 0 fully saturated rings. The molecule has 0 atom stereocenters. The van der Waals surface area contributed by atoms with Crippen molar-refractivity contribution < 1.29 is 9.21 Å². The Hall–Kier alpha value is -3.67. The van der Waals surface area contributed by atoms with Gasteiger partial charge in [0.25, 0.3) is 5.91 Å². The number of rotatable bonds is 5. The van der Waals surface area contributed by atoms with Crippen molar-refractivity contribution in [2.24, 2.45) is 0 Å². The van der Waals surface area contributed by atoms with E-state index in [1.54, 1.807) is 23.3 Å². The molecule has 0 bridgehead atoms. The minimum atomic E-state index is -0.363. The summed E-state index contributed by atoms with van der Waals surface area (Å²) in [6.07, 6.45) is 3.15. The number of carbonyl (C=O) groups excluding carboxylic acids is 1. The quantitative estimate of drug-likeness (QED) is 0.511. The highest BCUT2D eigenvalue weighted by molar-refractivity contribution is 6.01. The van der Waals surface area contributed by atoms with Gasteiger partial charge in [0.05, 0.1) is 17.5 Å². The molecule has 29 heavy (non-hydrogen) atoms. The van der Waals surface area contributed by atoms with Gasteiger partial charge in [0.15, 0.2) is 5.82 Å². The zero-order valence-electron chi connectivity index (χ0n) is 16.6. The largest absolute Gasteiger partial charge is 0.472 e. The van der Waals surface area contributed by atoms with E-state index in [2.05, 4.69) is 29.2 Å². The van der Waals surface area contributed by atoms with Crippen molar-refractivity contribution in [2.75, 3.05) is 5.32 Å². The molecule has 4 rings (SSSR count). The van der Waals surface area contributed by atoms with Crippen molar-refractivity contribution in [3.8, 4) is 17.1 Å². The molecule has 2 aromatic heterocycles. The summed E-state index contributed by atoms with van der Waals surface area (Å²) in [5.41, 5.74) is 4.63. The second-order valence-electron chi connectivity index (χ2n) is 7.25. The summed E-state index contributed by atoms with van der Waals surface area (Å²) in [5.74, 6) is 0.708. The standard InChI is InChI=1S/C23H22N4O2/c1-15(2)17-6-8-19(9-7-17)24-23(28)21-25-22(18-12-13-29-14-18)27(26-21)20-10-4-16(3)5-11-20/h4-15H,1-3H3,(H,24,28). The Balaban J connectivity index is 1.66. The first kappa shape index (κ1) is 18.7. The Kier molecular flexibility index (Phi) is 4.99. The van der Waals surface area contributed by atoms with Crippen LogP contribution >= 0.6 is 0 Å². The summed E-state index contributed by atoms with van der Waals surface area (Å²) in [5, 5.41) is 7.33. The van der Waals surface area contributed by atoms with Crippen LogP contribution in [0.4, 0.5) is 5.69 Å². The fourth-order valence-electron chi connectivity index (χ4n) is 2.99. The first-order valence-corrected chi connectivity index (χ1v) is 9.49. The Labute approximate surface area is 169 Å². The predicted octanol–water partition coefficient (Wildman–Crippen LogP) is 5.21. The van der Waals surface area contributed by atoms with Gasteiger partial charge >= 0.3 is 0 Å². The lowest BCUT2D eigenvalue weighted by molar-refractivity contribution is 0.101. The average Bonchev–Trinajstić information content (AvgIpc) is 3.39. The molecular formula is C23H22N4O2. The topological polar surface area (TPSA) is 73.0 Å². The van der Waals surface area contributed by atoms with Crippen LogP contribution in [0.2, 0.25) is 0 Å². The number of amides is 1. The van der Waals surface area contributed by atoms with E-state index >= 15 is 0 Å².